The highest BCUT2D eigenvalue weighted by atomic mass is 16.7. The molecule has 53 heavy (non-hydrogen) atoms. The van der Waals surface area contributed by atoms with Gasteiger partial charge in [0.15, 0.2) is 6.29 Å². The molecule has 1 rings (SSSR count). The Bertz CT molecular complexity index is 925. The first-order chi connectivity index (χ1) is 25.8. The number of carbonyl (C=O) groups is 1. The Morgan fingerprint density at radius 1 is 0.623 bits per heavy atom. The van der Waals surface area contributed by atoms with Crippen LogP contribution in [0.3, 0.4) is 0 Å². The van der Waals surface area contributed by atoms with E-state index in [1.54, 1.807) is 6.08 Å². The molecule has 0 radical (unpaired) electrons. The van der Waals surface area contributed by atoms with Crippen LogP contribution in [0.4, 0.5) is 0 Å². The third-order valence-corrected chi connectivity index (χ3v) is 10.2. The number of aliphatic hydroxyl groups is 5. The number of hydrogen-bond acceptors (Lipinski definition) is 8. The monoisotopic (exact) mass is 752 g/mol. The number of allylic oxidation sites excluding steroid dienone is 5. The fourth-order valence-corrected chi connectivity index (χ4v) is 6.64. The summed E-state index contributed by atoms with van der Waals surface area (Å²) in [5, 5.41) is 53.9. The van der Waals surface area contributed by atoms with Gasteiger partial charge in [-0.1, -0.05) is 153 Å². The Hall–Kier alpha value is -1.59. The van der Waals surface area contributed by atoms with Crippen LogP contribution in [-0.4, -0.2) is 87.5 Å². The topological polar surface area (TPSA) is 149 Å². The SMILES string of the molecule is CCCCC/C=C/CC/C=C/C(O)C(COC1OC(CO)C(O)C(O)C1O)NC(=O)CCCCCCCCCCC/C=C\CCCCCCCCCC. The zero-order valence-electron chi connectivity index (χ0n) is 33.8. The molecule has 1 fully saturated rings. The largest absolute Gasteiger partial charge is 0.394 e. The van der Waals surface area contributed by atoms with Crippen LogP contribution < -0.4 is 5.32 Å². The lowest BCUT2D eigenvalue weighted by atomic mass is 9.99. The lowest BCUT2D eigenvalue weighted by Gasteiger charge is -2.40. The smallest absolute Gasteiger partial charge is 0.220 e. The molecule has 7 unspecified atom stereocenters. The van der Waals surface area contributed by atoms with Crippen molar-refractivity contribution in [2.75, 3.05) is 13.2 Å². The summed E-state index contributed by atoms with van der Waals surface area (Å²) in [5.74, 6) is -0.193. The molecule has 0 spiro atoms. The van der Waals surface area contributed by atoms with Gasteiger partial charge in [0.25, 0.3) is 0 Å². The minimum absolute atomic E-state index is 0.193. The van der Waals surface area contributed by atoms with Gasteiger partial charge in [-0.05, 0) is 57.8 Å². The van der Waals surface area contributed by atoms with E-state index in [0.717, 1.165) is 38.5 Å². The van der Waals surface area contributed by atoms with Crippen LogP contribution in [-0.2, 0) is 14.3 Å². The summed E-state index contributed by atoms with van der Waals surface area (Å²) >= 11 is 0. The molecule has 1 aliphatic heterocycles. The van der Waals surface area contributed by atoms with Crippen molar-refractivity contribution >= 4 is 5.91 Å². The van der Waals surface area contributed by atoms with Crippen molar-refractivity contribution in [3.05, 3.63) is 36.5 Å². The van der Waals surface area contributed by atoms with E-state index in [1.165, 1.54) is 122 Å². The zero-order chi connectivity index (χ0) is 38.8. The second-order valence-corrected chi connectivity index (χ2v) is 15.1. The van der Waals surface area contributed by atoms with Gasteiger partial charge in [-0.2, -0.15) is 0 Å². The summed E-state index contributed by atoms with van der Waals surface area (Å²) in [6, 6.07) is -0.818. The average molecular weight is 752 g/mol. The predicted octanol–water partition coefficient (Wildman–Crippen LogP) is 8.50. The second kappa shape index (κ2) is 34.9. The van der Waals surface area contributed by atoms with Crippen molar-refractivity contribution in [3.8, 4) is 0 Å². The van der Waals surface area contributed by atoms with Gasteiger partial charge in [-0.3, -0.25) is 4.79 Å². The van der Waals surface area contributed by atoms with Gasteiger partial charge in [0.1, 0.15) is 24.4 Å². The third-order valence-electron chi connectivity index (χ3n) is 10.2. The second-order valence-electron chi connectivity index (χ2n) is 15.1. The van der Waals surface area contributed by atoms with Gasteiger partial charge < -0.3 is 40.3 Å². The molecule has 7 atom stereocenters. The van der Waals surface area contributed by atoms with E-state index in [4.69, 9.17) is 9.47 Å². The Morgan fingerprint density at radius 2 is 1.08 bits per heavy atom. The number of carbonyl (C=O) groups excluding carboxylic acids is 1. The van der Waals surface area contributed by atoms with Crippen molar-refractivity contribution in [2.24, 2.45) is 0 Å². The maximum atomic E-state index is 12.9. The fourth-order valence-electron chi connectivity index (χ4n) is 6.64. The normalized spacial score (nSPS) is 22.0. The van der Waals surface area contributed by atoms with E-state index in [9.17, 15) is 30.3 Å². The number of ether oxygens (including phenoxy) is 2. The molecule has 310 valence electrons. The van der Waals surface area contributed by atoms with Gasteiger partial charge in [0.05, 0.1) is 25.4 Å². The molecule has 9 heteroatoms. The van der Waals surface area contributed by atoms with Gasteiger partial charge in [0.2, 0.25) is 5.91 Å². The van der Waals surface area contributed by atoms with Crippen molar-refractivity contribution < 1.29 is 39.8 Å². The number of amides is 1. The number of hydrogen-bond donors (Lipinski definition) is 6. The first-order valence-electron chi connectivity index (χ1n) is 21.7. The fraction of sp³-hybridized carbons (Fsp3) is 0.841. The molecule has 1 amide bonds. The van der Waals surface area contributed by atoms with E-state index in [2.05, 4.69) is 43.5 Å². The van der Waals surface area contributed by atoms with Crippen LogP contribution in [0.25, 0.3) is 0 Å². The Kier molecular flexibility index (Phi) is 32.5. The standard InChI is InChI=1S/C44H81NO8/c1-3-5-7-9-11-13-14-15-16-17-18-19-20-21-22-23-24-26-28-30-32-34-40(48)45-37(38(47)33-31-29-27-25-12-10-8-6-4-2)36-52-44-43(51)42(50)41(49)39(35-46)53-44/h12,17-18,25,31,33,37-39,41-44,46-47,49-51H,3-11,13-16,19-24,26-30,32,34-36H2,1-2H3,(H,45,48)/b18-17-,25-12+,33-31+. The summed E-state index contributed by atoms with van der Waals surface area (Å²) in [6.07, 6.45) is 34.9. The van der Waals surface area contributed by atoms with E-state index >= 15 is 0 Å². The molecule has 0 aromatic carbocycles. The Morgan fingerprint density at radius 3 is 1.62 bits per heavy atom. The molecular weight excluding hydrogens is 670 g/mol. The zero-order valence-corrected chi connectivity index (χ0v) is 33.8. The van der Waals surface area contributed by atoms with Crippen LogP contribution in [0.1, 0.15) is 181 Å². The van der Waals surface area contributed by atoms with Gasteiger partial charge in [-0.25, -0.2) is 0 Å². The lowest BCUT2D eigenvalue weighted by molar-refractivity contribution is -0.302. The number of rotatable bonds is 35. The first-order valence-corrected chi connectivity index (χ1v) is 21.7. The summed E-state index contributed by atoms with van der Waals surface area (Å²) in [7, 11) is 0. The molecule has 9 nitrogen and oxygen atoms in total. The molecule has 0 saturated carbocycles. The van der Waals surface area contributed by atoms with Crippen LogP contribution in [0, 0.1) is 0 Å². The van der Waals surface area contributed by atoms with Crippen molar-refractivity contribution in [1.82, 2.24) is 5.32 Å². The van der Waals surface area contributed by atoms with E-state index in [-0.39, 0.29) is 12.5 Å². The molecule has 0 aliphatic carbocycles. The minimum atomic E-state index is -1.57. The molecule has 1 saturated heterocycles. The van der Waals surface area contributed by atoms with Crippen LogP contribution >= 0.6 is 0 Å². The molecule has 0 aromatic heterocycles. The summed E-state index contributed by atoms with van der Waals surface area (Å²) in [4.78, 5) is 12.9. The number of aliphatic hydroxyl groups excluding tert-OH is 5. The molecular formula is C44H81NO8. The molecule has 1 aliphatic rings. The van der Waals surface area contributed by atoms with Crippen molar-refractivity contribution in [2.45, 2.75) is 224 Å². The quantitative estimate of drug-likeness (QED) is 0.0279. The highest BCUT2D eigenvalue weighted by Gasteiger charge is 2.44. The van der Waals surface area contributed by atoms with Crippen molar-refractivity contribution in [1.29, 1.82) is 0 Å². The molecule has 0 bridgehead atoms. The molecule has 1 heterocycles. The minimum Gasteiger partial charge on any atom is -0.394 e. The lowest BCUT2D eigenvalue weighted by Crippen LogP contribution is -2.60. The predicted molar refractivity (Wildman–Crippen MR) is 216 cm³/mol. The molecule has 0 aromatic rings. The van der Waals surface area contributed by atoms with E-state index in [0.29, 0.717) is 6.42 Å². The van der Waals surface area contributed by atoms with Crippen LogP contribution in [0.5, 0.6) is 0 Å². The summed E-state index contributed by atoms with van der Waals surface area (Å²) < 4.78 is 11.1. The van der Waals surface area contributed by atoms with Crippen molar-refractivity contribution in [3.63, 3.8) is 0 Å². The van der Waals surface area contributed by atoms with Gasteiger partial charge in [0, 0.05) is 6.42 Å². The number of unbranched alkanes of at least 4 members (excludes halogenated alkanes) is 21. The molecule has 6 N–H and O–H groups in total. The number of nitrogens with one attached hydrogen (secondary N) is 1. The van der Waals surface area contributed by atoms with E-state index < -0.39 is 49.5 Å². The maximum absolute atomic E-state index is 12.9. The van der Waals surface area contributed by atoms with Gasteiger partial charge in [-0.15, -0.1) is 0 Å². The highest BCUT2D eigenvalue weighted by molar-refractivity contribution is 5.76. The van der Waals surface area contributed by atoms with Crippen LogP contribution in [0.2, 0.25) is 0 Å². The summed E-state index contributed by atoms with van der Waals surface area (Å²) in [6.45, 7) is 3.69. The van der Waals surface area contributed by atoms with Gasteiger partial charge >= 0.3 is 0 Å². The van der Waals surface area contributed by atoms with Crippen LogP contribution in [0.15, 0.2) is 36.5 Å². The summed E-state index contributed by atoms with van der Waals surface area (Å²) in [5.41, 5.74) is 0. The third kappa shape index (κ3) is 26.0. The maximum Gasteiger partial charge on any atom is 0.220 e. The first kappa shape index (κ1) is 49.4. The average Bonchev–Trinajstić information content (AvgIpc) is 3.16. The Balaban J connectivity index is 2.30. The van der Waals surface area contributed by atoms with E-state index in [1.807, 2.05) is 6.08 Å². The Labute approximate surface area is 323 Å². The highest BCUT2D eigenvalue weighted by Crippen LogP contribution is 2.22.